The molecule has 0 amide bonds. The summed E-state index contributed by atoms with van der Waals surface area (Å²) in [5.74, 6) is 0. The zero-order valence-corrected chi connectivity index (χ0v) is 12.0. The molecule has 2 atom stereocenters. The molecule has 0 bridgehead atoms. The summed E-state index contributed by atoms with van der Waals surface area (Å²) in [4.78, 5) is 2.49. The Balaban J connectivity index is 1.78. The summed E-state index contributed by atoms with van der Waals surface area (Å²) in [7, 11) is 0. The first kappa shape index (κ1) is 14.3. The van der Waals surface area contributed by atoms with Gasteiger partial charge in [-0.15, -0.1) is 0 Å². The maximum absolute atomic E-state index is 10.7. The van der Waals surface area contributed by atoms with Crippen molar-refractivity contribution < 1.29 is 9.84 Å². The molecule has 0 aromatic rings. The second-order valence-electron chi connectivity index (χ2n) is 6.38. The number of nitrogens with zero attached hydrogens (tertiary/aromatic N) is 1. The van der Waals surface area contributed by atoms with Crippen LogP contribution in [0.5, 0.6) is 0 Å². The summed E-state index contributed by atoms with van der Waals surface area (Å²) in [5.41, 5.74) is -0.435. The number of hydrogen-bond acceptors (Lipinski definition) is 3. The number of hydrogen-bond donors (Lipinski definition) is 1. The van der Waals surface area contributed by atoms with E-state index in [0.717, 1.165) is 51.8 Å². The Morgan fingerprint density at radius 1 is 1.28 bits per heavy atom. The highest BCUT2D eigenvalue weighted by atomic mass is 16.5. The van der Waals surface area contributed by atoms with E-state index < -0.39 is 5.60 Å². The molecule has 0 aromatic heterocycles. The first-order valence-electron chi connectivity index (χ1n) is 7.67. The molecule has 2 aliphatic rings. The van der Waals surface area contributed by atoms with E-state index in [0.29, 0.717) is 12.1 Å². The minimum Gasteiger partial charge on any atom is -0.390 e. The van der Waals surface area contributed by atoms with Gasteiger partial charge in [0.15, 0.2) is 0 Å². The van der Waals surface area contributed by atoms with Gasteiger partial charge in [-0.05, 0) is 65.3 Å². The highest BCUT2D eigenvalue weighted by molar-refractivity contribution is 4.85. The SMILES string of the molecule is CC(C)N1CCCC(O)(CCC2CCCO2)CC1. The third-order valence-electron chi connectivity index (χ3n) is 4.64. The van der Waals surface area contributed by atoms with Crippen molar-refractivity contribution in [3.63, 3.8) is 0 Å². The fourth-order valence-corrected chi connectivity index (χ4v) is 3.27. The molecule has 3 heteroatoms. The Kier molecular flexibility index (Phi) is 5.05. The predicted octanol–water partition coefficient (Wildman–Crippen LogP) is 2.57. The van der Waals surface area contributed by atoms with Crippen molar-refractivity contribution in [3.05, 3.63) is 0 Å². The number of ether oxygens (including phenoxy) is 1. The van der Waals surface area contributed by atoms with Gasteiger partial charge in [-0.3, -0.25) is 0 Å². The zero-order valence-electron chi connectivity index (χ0n) is 12.0. The summed E-state index contributed by atoms with van der Waals surface area (Å²) in [6, 6.07) is 0.602. The summed E-state index contributed by atoms with van der Waals surface area (Å²) >= 11 is 0. The van der Waals surface area contributed by atoms with Crippen LogP contribution in [0.4, 0.5) is 0 Å². The molecule has 2 saturated heterocycles. The minimum absolute atomic E-state index is 0.415. The van der Waals surface area contributed by atoms with Crippen molar-refractivity contribution in [1.29, 1.82) is 0 Å². The van der Waals surface area contributed by atoms with Gasteiger partial charge in [0.05, 0.1) is 11.7 Å². The smallest absolute Gasteiger partial charge is 0.0661 e. The van der Waals surface area contributed by atoms with E-state index in [4.69, 9.17) is 4.74 Å². The molecule has 0 aliphatic carbocycles. The molecule has 0 aromatic carbocycles. The number of aliphatic hydroxyl groups is 1. The molecule has 18 heavy (non-hydrogen) atoms. The summed E-state index contributed by atoms with van der Waals surface area (Å²) < 4.78 is 5.66. The van der Waals surface area contributed by atoms with Crippen molar-refractivity contribution in [2.24, 2.45) is 0 Å². The highest BCUT2D eigenvalue weighted by Gasteiger charge is 2.31. The lowest BCUT2D eigenvalue weighted by Gasteiger charge is -2.29. The molecule has 0 spiro atoms. The Morgan fingerprint density at radius 2 is 2.11 bits per heavy atom. The normalized spacial score (nSPS) is 35.0. The number of rotatable bonds is 4. The summed E-state index contributed by atoms with van der Waals surface area (Å²) in [6.07, 6.45) is 7.78. The van der Waals surface area contributed by atoms with Gasteiger partial charge in [0, 0.05) is 19.2 Å². The van der Waals surface area contributed by atoms with Gasteiger partial charge < -0.3 is 14.7 Å². The van der Waals surface area contributed by atoms with Crippen LogP contribution in [0.25, 0.3) is 0 Å². The molecule has 2 rings (SSSR count). The molecule has 2 fully saturated rings. The van der Waals surface area contributed by atoms with E-state index in [1.165, 1.54) is 12.8 Å². The molecular weight excluding hydrogens is 226 g/mol. The Morgan fingerprint density at radius 3 is 2.78 bits per heavy atom. The topological polar surface area (TPSA) is 32.7 Å². The quantitative estimate of drug-likeness (QED) is 0.838. The lowest BCUT2D eigenvalue weighted by atomic mass is 9.88. The van der Waals surface area contributed by atoms with Crippen LogP contribution in [-0.2, 0) is 4.74 Å². The maximum atomic E-state index is 10.7. The fourth-order valence-electron chi connectivity index (χ4n) is 3.27. The standard InChI is InChI=1S/C15H29NO2/c1-13(2)16-10-4-7-15(17,9-11-16)8-6-14-5-3-12-18-14/h13-14,17H,3-12H2,1-2H3. The average molecular weight is 255 g/mol. The molecule has 0 saturated carbocycles. The molecule has 2 unspecified atom stereocenters. The van der Waals surface area contributed by atoms with Crippen LogP contribution in [0.1, 0.15) is 58.8 Å². The van der Waals surface area contributed by atoms with Crippen LogP contribution in [0, 0.1) is 0 Å². The molecule has 106 valence electrons. The highest BCUT2D eigenvalue weighted by Crippen LogP contribution is 2.30. The van der Waals surface area contributed by atoms with Gasteiger partial charge in [-0.1, -0.05) is 0 Å². The zero-order chi connectivity index (χ0) is 13.0. The van der Waals surface area contributed by atoms with Crippen molar-refractivity contribution in [3.8, 4) is 0 Å². The van der Waals surface area contributed by atoms with Crippen LogP contribution in [0.3, 0.4) is 0 Å². The van der Waals surface area contributed by atoms with Crippen LogP contribution >= 0.6 is 0 Å². The van der Waals surface area contributed by atoms with Crippen LogP contribution < -0.4 is 0 Å². The molecule has 2 aliphatic heterocycles. The van der Waals surface area contributed by atoms with E-state index in [1.807, 2.05) is 0 Å². The molecule has 1 N–H and O–H groups in total. The third kappa shape index (κ3) is 3.94. The van der Waals surface area contributed by atoms with Gasteiger partial charge in [0.1, 0.15) is 0 Å². The molecular formula is C15H29NO2. The van der Waals surface area contributed by atoms with Crippen LogP contribution in [0.15, 0.2) is 0 Å². The largest absolute Gasteiger partial charge is 0.390 e. The second-order valence-corrected chi connectivity index (χ2v) is 6.38. The first-order chi connectivity index (χ1) is 8.59. The van der Waals surface area contributed by atoms with Gasteiger partial charge in [0.25, 0.3) is 0 Å². The molecule has 0 radical (unpaired) electrons. The third-order valence-corrected chi connectivity index (χ3v) is 4.64. The summed E-state index contributed by atoms with van der Waals surface area (Å²) in [6.45, 7) is 7.59. The van der Waals surface area contributed by atoms with E-state index in [9.17, 15) is 5.11 Å². The van der Waals surface area contributed by atoms with Gasteiger partial charge in [-0.2, -0.15) is 0 Å². The lowest BCUT2D eigenvalue weighted by Crippen LogP contribution is -2.34. The van der Waals surface area contributed by atoms with E-state index in [2.05, 4.69) is 18.7 Å². The van der Waals surface area contributed by atoms with Crippen molar-refractivity contribution in [1.82, 2.24) is 4.90 Å². The van der Waals surface area contributed by atoms with Gasteiger partial charge in [-0.25, -0.2) is 0 Å². The van der Waals surface area contributed by atoms with Crippen molar-refractivity contribution in [2.45, 2.75) is 76.5 Å². The lowest BCUT2D eigenvalue weighted by molar-refractivity contribution is -0.00160. The molecule has 2 heterocycles. The van der Waals surface area contributed by atoms with Gasteiger partial charge in [0.2, 0.25) is 0 Å². The monoisotopic (exact) mass is 255 g/mol. The van der Waals surface area contributed by atoms with Crippen molar-refractivity contribution >= 4 is 0 Å². The van der Waals surface area contributed by atoms with Crippen molar-refractivity contribution in [2.75, 3.05) is 19.7 Å². The van der Waals surface area contributed by atoms with Crippen LogP contribution in [0.2, 0.25) is 0 Å². The predicted molar refractivity (Wildman–Crippen MR) is 73.7 cm³/mol. The second kappa shape index (κ2) is 6.36. The van der Waals surface area contributed by atoms with E-state index in [1.54, 1.807) is 0 Å². The van der Waals surface area contributed by atoms with E-state index in [-0.39, 0.29) is 0 Å². The Bertz CT molecular complexity index is 251. The van der Waals surface area contributed by atoms with E-state index >= 15 is 0 Å². The first-order valence-corrected chi connectivity index (χ1v) is 7.67. The summed E-state index contributed by atoms with van der Waals surface area (Å²) in [5, 5.41) is 10.7. The minimum atomic E-state index is -0.435. The fraction of sp³-hybridized carbons (Fsp3) is 1.00. The average Bonchev–Trinajstić information content (AvgIpc) is 2.76. The number of likely N-dealkylation sites (tertiary alicyclic amines) is 1. The van der Waals surface area contributed by atoms with Gasteiger partial charge >= 0.3 is 0 Å². The molecule has 3 nitrogen and oxygen atoms in total. The Hall–Kier alpha value is -0.120. The maximum Gasteiger partial charge on any atom is 0.0661 e. The van der Waals surface area contributed by atoms with Crippen LogP contribution in [-0.4, -0.2) is 47.4 Å². The Labute approximate surface area is 112 Å².